The maximum Gasteiger partial charge on any atom is 0.180 e. The van der Waals surface area contributed by atoms with Gasteiger partial charge in [0.05, 0.1) is 11.8 Å². The van der Waals surface area contributed by atoms with Crippen molar-refractivity contribution in [2.24, 2.45) is 0 Å². The first-order valence-corrected chi connectivity index (χ1v) is 5.83. The predicted molar refractivity (Wildman–Crippen MR) is 61.3 cm³/mol. The van der Waals surface area contributed by atoms with E-state index in [0.29, 0.717) is 6.10 Å². The lowest BCUT2D eigenvalue weighted by molar-refractivity contribution is 0.305. The molecule has 2 aromatic rings. The van der Waals surface area contributed by atoms with Gasteiger partial charge in [-0.05, 0) is 41.8 Å². The Morgan fingerprint density at radius 3 is 3.00 bits per heavy atom. The molecular formula is C11H11BrN2O. The van der Waals surface area contributed by atoms with Crippen molar-refractivity contribution in [3.8, 4) is 5.75 Å². The van der Waals surface area contributed by atoms with Crippen LogP contribution in [0.2, 0.25) is 0 Å². The van der Waals surface area contributed by atoms with E-state index in [0.717, 1.165) is 21.6 Å². The first-order chi connectivity index (χ1) is 7.22. The highest BCUT2D eigenvalue weighted by molar-refractivity contribution is 9.10. The van der Waals surface area contributed by atoms with Crippen molar-refractivity contribution in [3.63, 3.8) is 0 Å². The maximum absolute atomic E-state index is 5.82. The molecule has 2 aromatic heterocycles. The normalized spacial score (nSPS) is 15.9. The van der Waals surface area contributed by atoms with E-state index in [1.807, 2.05) is 29.8 Å². The van der Waals surface area contributed by atoms with Gasteiger partial charge in [-0.25, -0.2) is 4.98 Å². The first kappa shape index (κ1) is 9.21. The van der Waals surface area contributed by atoms with E-state index in [1.54, 1.807) is 0 Å². The minimum Gasteiger partial charge on any atom is -0.486 e. The fraction of sp³-hybridized carbons (Fsp3) is 0.364. The molecule has 1 fully saturated rings. The third-order valence-electron chi connectivity index (χ3n) is 2.42. The fourth-order valence-corrected chi connectivity index (χ4v) is 2.04. The largest absolute Gasteiger partial charge is 0.486 e. The van der Waals surface area contributed by atoms with Crippen LogP contribution in [0.4, 0.5) is 0 Å². The van der Waals surface area contributed by atoms with Crippen molar-refractivity contribution < 1.29 is 4.74 Å². The zero-order valence-electron chi connectivity index (χ0n) is 8.40. The zero-order valence-corrected chi connectivity index (χ0v) is 9.99. The topological polar surface area (TPSA) is 26.5 Å². The molecule has 1 aliphatic rings. The molecule has 15 heavy (non-hydrogen) atoms. The number of nitrogens with zero attached hydrogens (tertiary/aromatic N) is 2. The van der Waals surface area contributed by atoms with Gasteiger partial charge in [0.2, 0.25) is 0 Å². The number of rotatable bonds is 2. The van der Waals surface area contributed by atoms with Crippen LogP contribution in [0.15, 0.2) is 22.9 Å². The molecule has 0 aromatic carbocycles. The van der Waals surface area contributed by atoms with Crippen LogP contribution in [-0.4, -0.2) is 15.5 Å². The minimum atomic E-state index is 0.403. The van der Waals surface area contributed by atoms with Crippen LogP contribution in [0, 0.1) is 6.92 Å². The van der Waals surface area contributed by atoms with Gasteiger partial charge in [0.1, 0.15) is 0 Å². The van der Waals surface area contributed by atoms with Gasteiger partial charge in [0, 0.05) is 16.9 Å². The van der Waals surface area contributed by atoms with Crippen LogP contribution in [0.25, 0.3) is 5.65 Å². The van der Waals surface area contributed by atoms with E-state index >= 15 is 0 Å². The Morgan fingerprint density at radius 1 is 1.47 bits per heavy atom. The summed E-state index contributed by atoms with van der Waals surface area (Å²) >= 11 is 3.47. The lowest BCUT2D eigenvalue weighted by Gasteiger charge is -2.06. The third kappa shape index (κ3) is 1.74. The average Bonchev–Trinajstić information content (AvgIpc) is 2.87. The van der Waals surface area contributed by atoms with Crippen LogP contribution in [0.1, 0.15) is 18.5 Å². The molecule has 0 bridgehead atoms. The number of fused-ring (bicyclic) bond motifs is 1. The number of hydrogen-bond donors (Lipinski definition) is 0. The van der Waals surface area contributed by atoms with Crippen LogP contribution < -0.4 is 4.74 Å². The molecule has 0 atom stereocenters. The van der Waals surface area contributed by atoms with Crippen molar-refractivity contribution in [2.45, 2.75) is 25.9 Å². The van der Waals surface area contributed by atoms with Crippen molar-refractivity contribution in [1.29, 1.82) is 0 Å². The molecule has 1 saturated carbocycles. The number of halogens is 1. The summed E-state index contributed by atoms with van der Waals surface area (Å²) in [5.74, 6) is 0.875. The van der Waals surface area contributed by atoms with Gasteiger partial charge in [-0.1, -0.05) is 0 Å². The van der Waals surface area contributed by atoms with Crippen molar-refractivity contribution in [2.75, 3.05) is 0 Å². The third-order valence-corrected chi connectivity index (χ3v) is 2.86. The second kappa shape index (κ2) is 3.23. The quantitative estimate of drug-likeness (QED) is 0.836. The Bertz CT molecular complexity index is 517. The summed E-state index contributed by atoms with van der Waals surface area (Å²) in [5, 5.41) is 0. The molecule has 3 rings (SSSR count). The molecular weight excluding hydrogens is 256 g/mol. The lowest BCUT2D eigenvalue weighted by Crippen LogP contribution is -1.98. The number of imidazole rings is 1. The highest BCUT2D eigenvalue weighted by atomic mass is 79.9. The lowest BCUT2D eigenvalue weighted by atomic mass is 10.4. The Morgan fingerprint density at radius 2 is 2.27 bits per heavy atom. The van der Waals surface area contributed by atoms with Gasteiger partial charge in [-0.2, -0.15) is 0 Å². The van der Waals surface area contributed by atoms with E-state index < -0.39 is 0 Å². The van der Waals surface area contributed by atoms with E-state index in [4.69, 9.17) is 4.74 Å². The van der Waals surface area contributed by atoms with Gasteiger partial charge in [-0.15, -0.1) is 0 Å². The van der Waals surface area contributed by atoms with Gasteiger partial charge in [0.25, 0.3) is 0 Å². The van der Waals surface area contributed by atoms with E-state index in [2.05, 4.69) is 20.9 Å². The summed E-state index contributed by atoms with van der Waals surface area (Å²) in [5.41, 5.74) is 1.91. The predicted octanol–water partition coefficient (Wildman–Crippen LogP) is 2.95. The van der Waals surface area contributed by atoms with E-state index in [1.165, 1.54) is 12.8 Å². The molecule has 3 nitrogen and oxygen atoms in total. The highest BCUT2D eigenvalue weighted by Crippen LogP contribution is 2.31. The minimum absolute atomic E-state index is 0.403. The van der Waals surface area contributed by atoms with Crippen LogP contribution in [0.3, 0.4) is 0 Å². The monoisotopic (exact) mass is 266 g/mol. The smallest absolute Gasteiger partial charge is 0.180 e. The van der Waals surface area contributed by atoms with E-state index in [9.17, 15) is 0 Å². The summed E-state index contributed by atoms with van der Waals surface area (Å²) in [6.07, 6.45) is 6.73. The van der Waals surface area contributed by atoms with Crippen LogP contribution in [0.5, 0.6) is 5.75 Å². The van der Waals surface area contributed by atoms with Gasteiger partial charge in [-0.3, -0.25) is 0 Å². The van der Waals surface area contributed by atoms with Crippen molar-refractivity contribution in [3.05, 3.63) is 28.6 Å². The molecule has 0 spiro atoms. The summed E-state index contributed by atoms with van der Waals surface area (Å²) < 4.78 is 8.83. The van der Waals surface area contributed by atoms with Gasteiger partial charge >= 0.3 is 0 Å². The summed E-state index contributed by atoms with van der Waals surface area (Å²) in [7, 11) is 0. The fourth-order valence-electron chi connectivity index (χ4n) is 1.61. The number of aryl methyl sites for hydroxylation is 1. The summed E-state index contributed by atoms with van der Waals surface area (Å²) in [6.45, 7) is 1.99. The Hall–Kier alpha value is -1.03. The molecule has 2 heterocycles. The van der Waals surface area contributed by atoms with Crippen molar-refractivity contribution in [1.82, 2.24) is 9.38 Å². The molecule has 4 heteroatoms. The second-order valence-electron chi connectivity index (χ2n) is 3.95. The Balaban J connectivity index is 2.15. The molecule has 0 unspecified atom stereocenters. The van der Waals surface area contributed by atoms with Gasteiger partial charge in [0.15, 0.2) is 11.4 Å². The summed E-state index contributed by atoms with van der Waals surface area (Å²) in [4.78, 5) is 4.45. The molecule has 78 valence electrons. The molecule has 0 amide bonds. The van der Waals surface area contributed by atoms with Gasteiger partial charge < -0.3 is 9.14 Å². The Labute approximate surface area is 96.2 Å². The summed E-state index contributed by atoms with van der Waals surface area (Å²) in [6, 6.07) is 1.99. The molecule has 1 aliphatic carbocycles. The van der Waals surface area contributed by atoms with Crippen molar-refractivity contribution >= 4 is 21.6 Å². The first-order valence-electron chi connectivity index (χ1n) is 5.04. The second-order valence-corrected chi connectivity index (χ2v) is 4.87. The molecule has 0 saturated heterocycles. The number of ether oxygens (including phenoxy) is 1. The standard InChI is InChI=1S/C11H11BrN2O/c1-7-5-14-6-8(12)4-10(11(14)13-7)15-9-2-3-9/h4-6,9H,2-3H2,1H3. The molecule has 0 N–H and O–H groups in total. The average molecular weight is 267 g/mol. The number of hydrogen-bond acceptors (Lipinski definition) is 2. The maximum atomic E-state index is 5.82. The van der Waals surface area contributed by atoms with Crippen LogP contribution in [-0.2, 0) is 0 Å². The molecule has 0 aliphatic heterocycles. The number of pyridine rings is 1. The van der Waals surface area contributed by atoms with E-state index in [-0.39, 0.29) is 0 Å². The number of aromatic nitrogens is 2. The SMILES string of the molecule is Cc1cn2cc(Br)cc(OC3CC3)c2n1. The zero-order chi connectivity index (χ0) is 10.4. The Kier molecular flexibility index (Phi) is 1.99. The molecule has 0 radical (unpaired) electrons. The van der Waals surface area contributed by atoms with Crippen LogP contribution >= 0.6 is 15.9 Å². The highest BCUT2D eigenvalue weighted by Gasteiger charge is 2.24.